The molecule has 1 aromatic carbocycles. The van der Waals surface area contributed by atoms with Gasteiger partial charge in [0.1, 0.15) is 0 Å². The van der Waals surface area contributed by atoms with Crippen LogP contribution in [0.5, 0.6) is 0 Å². The van der Waals surface area contributed by atoms with Gasteiger partial charge in [0.25, 0.3) is 5.91 Å². The Kier molecular flexibility index (Phi) is 3.26. The van der Waals surface area contributed by atoms with Crippen LogP contribution in [-0.2, 0) is 0 Å². The number of rotatable bonds is 2. The van der Waals surface area contributed by atoms with Crippen LogP contribution in [0.25, 0.3) is 0 Å². The molecule has 0 radical (unpaired) electrons. The summed E-state index contributed by atoms with van der Waals surface area (Å²) in [6.07, 6.45) is 3.12. The van der Waals surface area contributed by atoms with Crippen molar-refractivity contribution in [2.75, 3.05) is 5.32 Å². The van der Waals surface area contributed by atoms with E-state index < -0.39 is 0 Å². The fourth-order valence-electron chi connectivity index (χ4n) is 1.16. The summed E-state index contributed by atoms with van der Waals surface area (Å²) < 4.78 is 0.758. The highest BCUT2D eigenvalue weighted by Gasteiger charge is 2.08. The molecule has 2 aromatic rings. The summed E-state index contributed by atoms with van der Waals surface area (Å²) in [6.45, 7) is 0. The molecule has 16 heavy (non-hydrogen) atoms. The van der Waals surface area contributed by atoms with E-state index in [9.17, 15) is 4.79 Å². The highest BCUT2D eigenvalue weighted by atomic mass is 79.9. The zero-order valence-corrected chi connectivity index (χ0v) is 10.3. The summed E-state index contributed by atoms with van der Waals surface area (Å²) >= 11 is 9.15. The smallest absolute Gasteiger partial charge is 0.255 e. The molecule has 2 N–H and O–H groups in total. The third-order valence-corrected chi connectivity index (χ3v) is 3.17. The van der Waals surface area contributed by atoms with E-state index >= 15 is 0 Å². The molecule has 0 bridgehead atoms. The van der Waals surface area contributed by atoms with Crippen LogP contribution < -0.4 is 5.32 Å². The molecule has 0 unspecified atom stereocenters. The number of carbonyl (C=O) groups is 1. The van der Waals surface area contributed by atoms with Crippen molar-refractivity contribution >= 4 is 39.1 Å². The largest absolute Gasteiger partial charge is 0.319 e. The van der Waals surface area contributed by atoms with Gasteiger partial charge < -0.3 is 5.32 Å². The fraction of sp³-hybridized carbons (Fsp3) is 0. The Hall–Kier alpha value is -1.33. The normalized spacial score (nSPS) is 10.1. The van der Waals surface area contributed by atoms with E-state index in [1.807, 2.05) is 0 Å². The van der Waals surface area contributed by atoms with Crippen LogP contribution in [0.15, 0.2) is 35.1 Å². The van der Waals surface area contributed by atoms with Gasteiger partial charge in [-0.3, -0.25) is 9.89 Å². The molecule has 4 nitrogen and oxygen atoms in total. The number of hydrogen-bond donors (Lipinski definition) is 2. The number of aromatic nitrogens is 2. The quantitative estimate of drug-likeness (QED) is 0.895. The summed E-state index contributed by atoms with van der Waals surface area (Å²) in [7, 11) is 0. The number of halogens is 2. The maximum Gasteiger partial charge on any atom is 0.255 e. The van der Waals surface area contributed by atoms with Crippen molar-refractivity contribution < 1.29 is 4.79 Å². The Bertz CT molecular complexity index is 513. The van der Waals surface area contributed by atoms with Gasteiger partial charge in [-0.2, -0.15) is 5.10 Å². The lowest BCUT2D eigenvalue weighted by atomic mass is 10.2. The number of H-pyrrole nitrogens is 1. The van der Waals surface area contributed by atoms with Crippen molar-refractivity contribution in [3.05, 3.63) is 45.7 Å². The van der Waals surface area contributed by atoms with Gasteiger partial charge in [0.05, 0.1) is 16.9 Å². The van der Waals surface area contributed by atoms with Crippen LogP contribution in [0, 0.1) is 0 Å². The molecule has 0 saturated heterocycles. The Labute approximate surface area is 105 Å². The number of aromatic amines is 1. The fourth-order valence-corrected chi connectivity index (χ4v) is 1.59. The monoisotopic (exact) mass is 299 g/mol. The predicted molar refractivity (Wildman–Crippen MR) is 65.7 cm³/mol. The Morgan fingerprint density at radius 1 is 1.50 bits per heavy atom. The molecule has 0 aliphatic rings. The van der Waals surface area contributed by atoms with E-state index in [1.165, 1.54) is 6.20 Å². The van der Waals surface area contributed by atoms with Crippen molar-refractivity contribution in [3.8, 4) is 0 Å². The molecular formula is C10H7BrClN3O. The molecule has 1 heterocycles. The number of amides is 1. The second-order valence-corrected chi connectivity index (χ2v) is 4.33. The molecule has 0 atom stereocenters. The van der Waals surface area contributed by atoms with E-state index in [-0.39, 0.29) is 5.91 Å². The maximum absolute atomic E-state index is 11.7. The first-order valence-corrected chi connectivity index (χ1v) is 5.59. The van der Waals surface area contributed by atoms with E-state index in [1.54, 1.807) is 24.4 Å². The van der Waals surface area contributed by atoms with Crippen LogP contribution >= 0.6 is 27.5 Å². The lowest BCUT2D eigenvalue weighted by Gasteiger charge is -2.03. The molecule has 0 saturated carbocycles. The van der Waals surface area contributed by atoms with Gasteiger partial charge >= 0.3 is 0 Å². The lowest BCUT2D eigenvalue weighted by Crippen LogP contribution is -2.11. The summed E-state index contributed by atoms with van der Waals surface area (Å²) in [5.74, 6) is -0.226. The number of anilines is 1. The third-order valence-electron chi connectivity index (χ3n) is 1.94. The average Bonchev–Trinajstić information content (AvgIpc) is 2.74. The highest BCUT2D eigenvalue weighted by Crippen LogP contribution is 2.23. The summed E-state index contributed by atoms with van der Waals surface area (Å²) in [5, 5.41) is 9.51. The van der Waals surface area contributed by atoms with Gasteiger partial charge in [-0.1, -0.05) is 11.6 Å². The van der Waals surface area contributed by atoms with Gasteiger partial charge in [-0.15, -0.1) is 0 Å². The first-order valence-electron chi connectivity index (χ1n) is 4.42. The van der Waals surface area contributed by atoms with Crippen molar-refractivity contribution in [3.63, 3.8) is 0 Å². The standard InChI is InChI=1S/C10H7BrClN3O/c11-8-2-1-6(3-9(8)12)10(16)15-7-4-13-14-5-7/h1-5H,(H,13,14)(H,15,16). The second kappa shape index (κ2) is 4.67. The molecule has 6 heteroatoms. The summed E-state index contributed by atoms with van der Waals surface area (Å²) in [4.78, 5) is 11.7. The molecule has 82 valence electrons. The molecular weight excluding hydrogens is 293 g/mol. The van der Waals surface area contributed by atoms with Gasteiger partial charge in [0.15, 0.2) is 0 Å². The number of hydrogen-bond acceptors (Lipinski definition) is 2. The van der Waals surface area contributed by atoms with Crippen LogP contribution in [-0.4, -0.2) is 16.1 Å². The zero-order chi connectivity index (χ0) is 11.5. The van der Waals surface area contributed by atoms with Crippen LogP contribution in [0.1, 0.15) is 10.4 Å². The van der Waals surface area contributed by atoms with Crippen molar-refractivity contribution in [1.82, 2.24) is 10.2 Å². The van der Waals surface area contributed by atoms with Gasteiger partial charge in [0.2, 0.25) is 0 Å². The SMILES string of the molecule is O=C(Nc1cn[nH]c1)c1ccc(Br)c(Cl)c1. The first-order chi connectivity index (χ1) is 7.66. The highest BCUT2D eigenvalue weighted by molar-refractivity contribution is 9.10. The minimum Gasteiger partial charge on any atom is -0.319 e. The van der Waals surface area contributed by atoms with Crippen molar-refractivity contribution in [2.24, 2.45) is 0 Å². The molecule has 0 fully saturated rings. The Balaban J connectivity index is 2.18. The number of nitrogens with one attached hydrogen (secondary N) is 2. The Morgan fingerprint density at radius 2 is 2.31 bits per heavy atom. The maximum atomic E-state index is 11.7. The average molecular weight is 301 g/mol. The first kappa shape index (κ1) is 11.2. The van der Waals surface area contributed by atoms with E-state index in [4.69, 9.17) is 11.6 Å². The molecule has 0 aliphatic heterocycles. The predicted octanol–water partition coefficient (Wildman–Crippen LogP) is 3.08. The van der Waals surface area contributed by atoms with E-state index in [0.29, 0.717) is 16.3 Å². The van der Waals surface area contributed by atoms with Crippen molar-refractivity contribution in [2.45, 2.75) is 0 Å². The molecule has 0 spiro atoms. The third kappa shape index (κ3) is 2.43. The van der Waals surface area contributed by atoms with Gasteiger partial charge in [-0.05, 0) is 34.1 Å². The number of nitrogens with zero attached hydrogens (tertiary/aromatic N) is 1. The van der Waals surface area contributed by atoms with E-state index in [0.717, 1.165) is 4.47 Å². The molecule has 1 aromatic heterocycles. The number of benzene rings is 1. The zero-order valence-electron chi connectivity index (χ0n) is 8.00. The minimum atomic E-state index is -0.226. The van der Waals surface area contributed by atoms with E-state index in [2.05, 4.69) is 31.4 Å². The summed E-state index contributed by atoms with van der Waals surface area (Å²) in [5.41, 5.74) is 1.11. The summed E-state index contributed by atoms with van der Waals surface area (Å²) in [6, 6.07) is 5.01. The molecule has 1 amide bonds. The molecule has 2 rings (SSSR count). The minimum absolute atomic E-state index is 0.226. The van der Waals surface area contributed by atoms with Crippen LogP contribution in [0.3, 0.4) is 0 Å². The van der Waals surface area contributed by atoms with Gasteiger partial charge in [-0.25, -0.2) is 0 Å². The number of carbonyl (C=O) groups excluding carboxylic acids is 1. The van der Waals surface area contributed by atoms with Crippen LogP contribution in [0.2, 0.25) is 5.02 Å². The van der Waals surface area contributed by atoms with Gasteiger partial charge in [0, 0.05) is 16.2 Å². The molecule has 0 aliphatic carbocycles. The van der Waals surface area contributed by atoms with Crippen molar-refractivity contribution in [1.29, 1.82) is 0 Å². The van der Waals surface area contributed by atoms with Crippen LogP contribution in [0.4, 0.5) is 5.69 Å². The lowest BCUT2D eigenvalue weighted by molar-refractivity contribution is 0.102. The topological polar surface area (TPSA) is 57.8 Å². The Morgan fingerprint density at radius 3 is 2.94 bits per heavy atom. The second-order valence-electron chi connectivity index (χ2n) is 3.07.